The fourth-order valence-corrected chi connectivity index (χ4v) is 3.77. The Bertz CT molecular complexity index is 562. The minimum absolute atomic E-state index is 0.0892. The smallest absolute Gasteiger partial charge is 0.318 e. The van der Waals surface area contributed by atoms with Crippen molar-refractivity contribution in [3.05, 3.63) is 57.8 Å². The van der Waals surface area contributed by atoms with Crippen molar-refractivity contribution in [3.8, 4) is 0 Å². The van der Waals surface area contributed by atoms with Crippen LogP contribution in [-0.4, -0.2) is 12.6 Å². The van der Waals surface area contributed by atoms with E-state index in [9.17, 15) is 4.79 Å². The van der Waals surface area contributed by atoms with Crippen molar-refractivity contribution < 1.29 is 9.53 Å². The first-order valence-corrected chi connectivity index (χ1v) is 7.42. The second kappa shape index (κ2) is 4.82. The topological polar surface area (TPSA) is 26.3 Å². The summed E-state index contributed by atoms with van der Waals surface area (Å²) in [7, 11) is 0. The number of carbonyl (C=O) groups is 1. The predicted molar refractivity (Wildman–Crippen MR) is 76.5 cm³/mol. The van der Waals surface area contributed by atoms with Crippen LogP contribution in [0.3, 0.4) is 0 Å². The molecule has 0 N–H and O–H groups in total. The van der Waals surface area contributed by atoms with Crippen molar-refractivity contribution in [2.24, 2.45) is 0 Å². The first-order chi connectivity index (χ1) is 9.26. The number of ether oxygens (including phenoxy) is 1. The maximum absolute atomic E-state index is 12.5. The van der Waals surface area contributed by atoms with Crippen LogP contribution >= 0.6 is 11.3 Å². The Morgan fingerprint density at radius 3 is 2.42 bits per heavy atom. The van der Waals surface area contributed by atoms with Gasteiger partial charge in [0, 0.05) is 4.88 Å². The normalized spacial score (nSPS) is 16.1. The number of esters is 1. The number of carbonyl (C=O) groups excluding carboxylic acids is 1. The van der Waals surface area contributed by atoms with Crippen molar-refractivity contribution in [1.82, 2.24) is 0 Å². The standard InChI is InChI=1S/C16H16O2S/c1-2-18-15(17)16(14-8-5-9-19-14)10-12-6-3-4-7-13(12)11-16/h3-9H,2,10-11H2,1H3. The van der Waals surface area contributed by atoms with Crippen LogP contribution in [0.4, 0.5) is 0 Å². The van der Waals surface area contributed by atoms with E-state index in [2.05, 4.69) is 12.1 Å². The highest BCUT2D eigenvalue weighted by Crippen LogP contribution is 2.42. The van der Waals surface area contributed by atoms with E-state index in [0.717, 1.165) is 17.7 Å². The zero-order chi connectivity index (χ0) is 13.3. The van der Waals surface area contributed by atoms with E-state index < -0.39 is 5.41 Å². The maximum atomic E-state index is 12.5. The molecule has 98 valence electrons. The van der Waals surface area contributed by atoms with Gasteiger partial charge in [-0.05, 0) is 42.3 Å². The highest BCUT2D eigenvalue weighted by molar-refractivity contribution is 7.10. The average molecular weight is 272 g/mol. The van der Waals surface area contributed by atoms with E-state index >= 15 is 0 Å². The molecule has 0 bridgehead atoms. The second-order valence-corrected chi connectivity index (χ2v) is 5.85. The molecule has 0 aliphatic heterocycles. The summed E-state index contributed by atoms with van der Waals surface area (Å²) in [5, 5.41) is 2.03. The Balaban J connectivity index is 2.04. The first kappa shape index (κ1) is 12.4. The molecule has 2 nitrogen and oxygen atoms in total. The Hall–Kier alpha value is -1.61. The van der Waals surface area contributed by atoms with Gasteiger partial charge in [-0.25, -0.2) is 0 Å². The van der Waals surface area contributed by atoms with Crippen LogP contribution in [-0.2, 0) is 27.8 Å². The van der Waals surface area contributed by atoms with Gasteiger partial charge in [0.15, 0.2) is 0 Å². The largest absolute Gasteiger partial charge is 0.465 e. The molecule has 0 atom stereocenters. The van der Waals surface area contributed by atoms with Crippen LogP contribution in [0.25, 0.3) is 0 Å². The average Bonchev–Trinajstić information content (AvgIpc) is 3.06. The lowest BCUT2D eigenvalue weighted by molar-refractivity contribution is -0.149. The van der Waals surface area contributed by atoms with Gasteiger partial charge >= 0.3 is 5.97 Å². The number of thiophene rings is 1. The Morgan fingerprint density at radius 2 is 1.89 bits per heavy atom. The Kier molecular flexibility index (Phi) is 3.15. The third kappa shape index (κ3) is 1.98. The second-order valence-electron chi connectivity index (χ2n) is 4.90. The fourth-order valence-electron chi connectivity index (χ4n) is 2.85. The molecule has 1 aliphatic rings. The van der Waals surface area contributed by atoms with Crippen LogP contribution in [0.15, 0.2) is 41.8 Å². The zero-order valence-electron chi connectivity index (χ0n) is 10.9. The Labute approximate surface area is 117 Å². The molecule has 1 aliphatic carbocycles. The number of hydrogen-bond donors (Lipinski definition) is 0. The van der Waals surface area contributed by atoms with Gasteiger partial charge < -0.3 is 4.74 Å². The molecule has 1 heterocycles. The summed E-state index contributed by atoms with van der Waals surface area (Å²) in [5.74, 6) is -0.0892. The van der Waals surface area contributed by atoms with Crippen molar-refractivity contribution in [1.29, 1.82) is 0 Å². The fraction of sp³-hybridized carbons (Fsp3) is 0.312. The molecule has 19 heavy (non-hydrogen) atoms. The molecule has 0 fully saturated rings. The summed E-state index contributed by atoms with van der Waals surface area (Å²) in [5.41, 5.74) is 2.03. The van der Waals surface area contributed by atoms with Gasteiger partial charge in [0.05, 0.1) is 6.61 Å². The monoisotopic (exact) mass is 272 g/mol. The molecular weight excluding hydrogens is 256 g/mol. The first-order valence-electron chi connectivity index (χ1n) is 6.54. The third-order valence-electron chi connectivity index (χ3n) is 3.76. The maximum Gasteiger partial charge on any atom is 0.318 e. The zero-order valence-corrected chi connectivity index (χ0v) is 11.7. The van der Waals surface area contributed by atoms with Crippen LogP contribution in [0, 0.1) is 0 Å². The summed E-state index contributed by atoms with van der Waals surface area (Å²) in [6.45, 7) is 2.30. The van der Waals surface area contributed by atoms with E-state index in [4.69, 9.17) is 4.74 Å². The van der Waals surface area contributed by atoms with Crippen molar-refractivity contribution >= 4 is 17.3 Å². The SMILES string of the molecule is CCOC(=O)C1(c2cccs2)Cc2ccccc2C1. The molecule has 1 aromatic heterocycles. The van der Waals surface area contributed by atoms with Crippen molar-refractivity contribution in [2.75, 3.05) is 6.61 Å². The number of hydrogen-bond acceptors (Lipinski definition) is 3. The predicted octanol–water partition coefficient (Wildman–Crippen LogP) is 3.35. The molecule has 0 unspecified atom stereocenters. The number of benzene rings is 1. The summed E-state index contributed by atoms with van der Waals surface area (Å²) < 4.78 is 5.35. The lowest BCUT2D eigenvalue weighted by atomic mass is 9.83. The minimum atomic E-state index is -0.506. The Morgan fingerprint density at radius 1 is 1.21 bits per heavy atom. The summed E-state index contributed by atoms with van der Waals surface area (Å²) >= 11 is 1.64. The molecule has 2 aromatic rings. The van der Waals surface area contributed by atoms with Gasteiger partial charge in [-0.1, -0.05) is 30.3 Å². The van der Waals surface area contributed by atoms with E-state index in [-0.39, 0.29) is 5.97 Å². The van der Waals surface area contributed by atoms with E-state index in [1.165, 1.54) is 11.1 Å². The van der Waals surface area contributed by atoms with Gasteiger partial charge in [0.2, 0.25) is 0 Å². The molecule has 0 spiro atoms. The van der Waals surface area contributed by atoms with Gasteiger partial charge in [-0.15, -0.1) is 11.3 Å². The highest BCUT2D eigenvalue weighted by atomic mass is 32.1. The molecule has 0 radical (unpaired) electrons. The van der Waals surface area contributed by atoms with Gasteiger partial charge in [-0.3, -0.25) is 4.79 Å². The van der Waals surface area contributed by atoms with E-state index in [1.54, 1.807) is 11.3 Å². The van der Waals surface area contributed by atoms with E-state index in [0.29, 0.717) is 6.61 Å². The third-order valence-corrected chi connectivity index (χ3v) is 4.84. The molecule has 3 rings (SSSR count). The minimum Gasteiger partial charge on any atom is -0.465 e. The van der Waals surface area contributed by atoms with Crippen LogP contribution in [0.2, 0.25) is 0 Å². The van der Waals surface area contributed by atoms with Gasteiger partial charge in [-0.2, -0.15) is 0 Å². The summed E-state index contributed by atoms with van der Waals surface area (Å²) in [6, 6.07) is 12.4. The number of rotatable bonds is 3. The van der Waals surface area contributed by atoms with Gasteiger partial charge in [0.1, 0.15) is 5.41 Å². The molecule has 0 amide bonds. The molecular formula is C16H16O2S. The van der Waals surface area contributed by atoms with Crippen LogP contribution in [0.5, 0.6) is 0 Å². The number of fused-ring (bicyclic) bond motifs is 1. The van der Waals surface area contributed by atoms with Gasteiger partial charge in [0.25, 0.3) is 0 Å². The summed E-state index contributed by atoms with van der Waals surface area (Å²) in [4.78, 5) is 13.6. The molecule has 0 saturated carbocycles. The van der Waals surface area contributed by atoms with Crippen LogP contribution < -0.4 is 0 Å². The van der Waals surface area contributed by atoms with Crippen molar-refractivity contribution in [3.63, 3.8) is 0 Å². The quantitative estimate of drug-likeness (QED) is 0.801. The molecule has 3 heteroatoms. The molecule has 1 aromatic carbocycles. The van der Waals surface area contributed by atoms with Crippen molar-refractivity contribution in [2.45, 2.75) is 25.2 Å². The molecule has 0 saturated heterocycles. The van der Waals surface area contributed by atoms with Crippen LogP contribution in [0.1, 0.15) is 22.9 Å². The lowest BCUT2D eigenvalue weighted by Gasteiger charge is -2.25. The highest BCUT2D eigenvalue weighted by Gasteiger charge is 2.47. The lowest BCUT2D eigenvalue weighted by Crippen LogP contribution is -2.37. The van der Waals surface area contributed by atoms with E-state index in [1.807, 2.05) is 36.6 Å². The summed E-state index contributed by atoms with van der Waals surface area (Å²) in [6.07, 6.45) is 1.50.